The van der Waals surface area contributed by atoms with Gasteiger partial charge in [0.15, 0.2) is 0 Å². The summed E-state index contributed by atoms with van der Waals surface area (Å²) in [5, 5.41) is 11.2. The van der Waals surface area contributed by atoms with E-state index < -0.39 is 0 Å². The third-order valence-electron chi connectivity index (χ3n) is 4.65. The van der Waals surface area contributed by atoms with Gasteiger partial charge in [-0.25, -0.2) is 4.68 Å². The van der Waals surface area contributed by atoms with E-state index in [0.29, 0.717) is 18.1 Å². The third kappa shape index (κ3) is 4.45. The van der Waals surface area contributed by atoms with Crippen molar-refractivity contribution in [3.8, 4) is 0 Å². The van der Waals surface area contributed by atoms with Gasteiger partial charge < -0.3 is 9.84 Å². The highest BCUT2D eigenvalue weighted by atomic mass is 16.5. The zero-order valence-corrected chi connectivity index (χ0v) is 16.5. The van der Waals surface area contributed by atoms with Gasteiger partial charge in [0.2, 0.25) is 5.91 Å². The summed E-state index contributed by atoms with van der Waals surface area (Å²) in [4.78, 5) is 12.4. The normalized spacial score (nSPS) is 11.6. The Morgan fingerprint density at radius 2 is 1.85 bits per heavy atom. The van der Waals surface area contributed by atoms with Crippen LogP contribution in [0, 0.1) is 13.8 Å². The first-order valence-corrected chi connectivity index (χ1v) is 9.07. The number of carbonyl (C=O) groups is 1. The van der Waals surface area contributed by atoms with Crippen LogP contribution in [0.2, 0.25) is 0 Å². The molecule has 0 bridgehead atoms. The summed E-state index contributed by atoms with van der Waals surface area (Å²) in [6, 6.07) is 10.3. The molecule has 0 atom stereocenters. The number of benzene rings is 1. The van der Waals surface area contributed by atoms with E-state index in [1.54, 1.807) is 16.9 Å². The molecule has 0 spiro atoms. The monoisotopic (exact) mass is 366 g/mol. The Bertz CT molecular complexity index is 910. The first-order valence-electron chi connectivity index (χ1n) is 9.07. The van der Waals surface area contributed by atoms with Crippen LogP contribution in [0.25, 0.3) is 0 Å². The molecule has 1 amide bonds. The summed E-state index contributed by atoms with van der Waals surface area (Å²) in [6.45, 7) is 10.8. The lowest BCUT2D eigenvalue weighted by molar-refractivity contribution is -0.115. The molecule has 27 heavy (non-hydrogen) atoms. The zero-order chi connectivity index (χ0) is 19.6. The molecule has 1 aromatic carbocycles. The summed E-state index contributed by atoms with van der Waals surface area (Å²) >= 11 is 0. The number of rotatable bonds is 5. The lowest BCUT2D eigenvalue weighted by atomic mass is 9.87. The molecule has 142 valence electrons. The average molecular weight is 366 g/mol. The maximum Gasteiger partial charge on any atom is 0.230 e. The van der Waals surface area contributed by atoms with E-state index in [1.165, 1.54) is 5.56 Å². The molecule has 3 aromatic rings. The molecule has 0 aliphatic heterocycles. The molecule has 0 unspecified atom stereocenters. The maximum atomic E-state index is 12.4. The first-order chi connectivity index (χ1) is 12.7. The Labute approximate surface area is 159 Å². The van der Waals surface area contributed by atoms with Gasteiger partial charge in [-0.15, -0.1) is 0 Å². The second kappa shape index (κ2) is 7.39. The summed E-state index contributed by atoms with van der Waals surface area (Å²) in [5.41, 5.74) is 4.13. The lowest BCUT2D eigenvalue weighted by Crippen LogP contribution is -2.18. The van der Waals surface area contributed by atoms with Gasteiger partial charge in [0.25, 0.3) is 0 Å². The van der Waals surface area contributed by atoms with E-state index in [9.17, 15) is 4.79 Å². The predicted octanol–water partition coefficient (Wildman–Crippen LogP) is 4.01. The molecular weight excluding hydrogens is 340 g/mol. The Hall–Kier alpha value is -2.89. The Balaban J connectivity index is 1.68. The summed E-state index contributed by atoms with van der Waals surface area (Å²) in [5.74, 6) is 1.23. The fourth-order valence-electron chi connectivity index (χ4n) is 2.95. The molecule has 2 aromatic heterocycles. The highest BCUT2D eigenvalue weighted by Crippen LogP contribution is 2.22. The molecular formula is C21H26N4O2. The molecule has 3 rings (SSSR count). The number of anilines is 1. The Kier molecular flexibility index (Phi) is 5.17. The minimum absolute atomic E-state index is 0.116. The van der Waals surface area contributed by atoms with Crippen LogP contribution in [0.3, 0.4) is 0 Å². The minimum Gasteiger partial charge on any atom is -0.361 e. The van der Waals surface area contributed by atoms with Crippen molar-refractivity contribution in [3.63, 3.8) is 0 Å². The molecule has 0 aliphatic rings. The number of amides is 1. The van der Waals surface area contributed by atoms with E-state index in [-0.39, 0.29) is 17.7 Å². The number of hydrogen-bond acceptors (Lipinski definition) is 4. The predicted molar refractivity (Wildman–Crippen MR) is 105 cm³/mol. The van der Waals surface area contributed by atoms with Crippen LogP contribution in [0.5, 0.6) is 0 Å². The quantitative estimate of drug-likeness (QED) is 0.740. The number of aromatic nitrogens is 3. The van der Waals surface area contributed by atoms with E-state index in [2.05, 4.69) is 60.6 Å². The maximum absolute atomic E-state index is 12.4. The molecule has 0 saturated carbocycles. The van der Waals surface area contributed by atoms with Gasteiger partial charge in [-0.2, -0.15) is 5.10 Å². The van der Waals surface area contributed by atoms with E-state index in [1.807, 2.05) is 13.8 Å². The van der Waals surface area contributed by atoms with Gasteiger partial charge >= 0.3 is 0 Å². The van der Waals surface area contributed by atoms with E-state index in [0.717, 1.165) is 16.8 Å². The number of carbonyl (C=O) groups excluding carboxylic acids is 1. The molecule has 6 heteroatoms. The van der Waals surface area contributed by atoms with Gasteiger partial charge in [-0.05, 0) is 30.4 Å². The summed E-state index contributed by atoms with van der Waals surface area (Å²) in [6.07, 6.45) is 1.92. The van der Waals surface area contributed by atoms with Crippen molar-refractivity contribution in [2.75, 3.05) is 5.32 Å². The number of nitrogens with zero attached hydrogens (tertiary/aromatic N) is 3. The Morgan fingerprint density at radius 1 is 1.15 bits per heavy atom. The fraction of sp³-hybridized carbons (Fsp3) is 0.381. The molecule has 6 nitrogen and oxygen atoms in total. The van der Waals surface area contributed by atoms with E-state index in [4.69, 9.17) is 4.52 Å². The van der Waals surface area contributed by atoms with Gasteiger partial charge in [-0.3, -0.25) is 4.79 Å². The van der Waals surface area contributed by atoms with Gasteiger partial charge in [0, 0.05) is 11.6 Å². The van der Waals surface area contributed by atoms with Gasteiger partial charge in [-0.1, -0.05) is 50.2 Å². The van der Waals surface area contributed by atoms with Crippen LogP contribution < -0.4 is 5.32 Å². The van der Waals surface area contributed by atoms with Crippen molar-refractivity contribution >= 4 is 11.7 Å². The number of aryl methyl sites for hydroxylation is 2. The SMILES string of the molecule is Cc1noc(C)c1CC(=O)Nc1ccnn1Cc1ccc(C(C)(C)C)cc1. The number of nitrogens with one attached hydrogen (secondary N) is 1. The average Bonchev–Trinajstić information content (AvgIpc) is 3.16. The summed E-state index contributed by atoms with van der Waals surface area (Å²) < 4.78 is 6.91. The first kappa shape index (κ1) is 18.9. The van der Waals surface area contributed by atoms with Gasteiger partial charge in [0.1, 0.15) is 11.6 Å². The molecule has 0 saturated heterocycles. The fourth-order valence-corrected chi connectivity index (χ4v) is 2.95. The number of hydrogen-bond donors (Lipinski definition) is 1. The second-order valence-electron chi connectivity index (χ2n) is 7.85. The van der Waals surface area contributed by atoms with Crippen LogP contribution in [0.15, 0.2) is 41.1 Å². The van der Waals surface area contributed by atoms with Crippen LogP contribution in [-0.4, -0.2) is 20.8 Å². The highest BCUT2D eigenvalue weighted by Gasteiger charge is 2.16. The van der Waals surface area contributed by atoms with Crippen molar-refractivity contribution in [3.05, 3.63) is 64.7 Å². The molecule has 2 heterocycles. The topological polar surface area (TPSA) is 73.0 Å². The molecule has 0 fully saturated rings. The Morgan fingerprint density at radius 3 is 2.44 bits per heavy atom. The smallest absolute Gasteiger partial charge is 0.230 e. The van der Waals surface area contributed by atoms with Crippen molar-refractivity contribution in [1.82, 2.24) is 14.9 Å². The molecule has 0 radical (unpaired) electrons. The van der Waals surface area contributed by atoms with Crippen LogP contribution in [0.1, 0.15) is 48.9 Å². The molecule has 1 N–H and O–H groups in total. The zero-order valence-electron chi connectivity index (χ0n) is 16.5. The van der Waals surface area contributed by atoms with Crippen LogP contribution >= 0.6 is 0 Å². The van der Waals surface area contributed by atoms with Crippen molar-refractivity contribution in [2.45, 2.75) is 53.0 Å². The largest absolute Gasteiger partial charge is 0.361 e. The minimum atomic E-state index is -0.116. The standard InChI is InChI=1S/C21H26N4O2/c1-14-18(15(2)27-24-14)12-20(26)23-19-10-11-22-25(19)13-16-6-8-17(9-7-16)21(3,4)5/h6-11H,12-13H2,1-5H3,(H,23,26). The molecule has 0 aliphatic carbocycles. The van der Waals surface area contributed by atoms with Crippen molar-refractivity contribution in [2.24, 2.45) is 0 Å². The van der Waals surface area contributed by atoms with Crippen molar-refractivity contribution in [1.29, 1.82) is 0 Å². The van der Waals surface area contributed by atoms with Crippen LogP contribution in [0.4, 0.5) is 5.82 Å². The van der Waals surface area contributed by atoms with Crippen LogP contribution in [-0.2, 0) is 23.2 Å². The summed E-state index contributed by atoms with van der Waals surface area (Å²) in [7, 11) is 0. The van der Waals surface area contributed by atoms with Crippen molar-refractivity contribution < 1.29 is 9.32 Å². The lowest BCUT2D eigenvalue weighted by Gasteiger charge is -2.19. The third-order valence-corrected chi connectivity index (χ3v) is 4.65. The second-order valence-corrected chi connectivity index (χ2v) is 7.85. The van der Waals surface area contributed by atoms with Gasteiger partial charge in [0.05, 0.1) is 24.9 Å². The highest BCUT2D eigenvalue weighted by molar-refractivity contribution is 5.91. The van der Waals surface area contributed by atoms with E-state index >= 15 is 0 Å².